The van der Waals surface area contributed by atoms with Crippen molar-refractivity contribution in [2.24, 2.45) is 5.10 Å². The third-order valence-corrected chi connectivity index (χ3v) is 8.49. The molecule has 8 nitrogen and oxygen atoms in total. The van der Waals surface area contributed by atoms with Gasteiger partial charge in [0.1, 0.15) is 17.2 Å². The molecule has 1 N–H and O–H groups in total. The number of sulfone groups is 1. The predicted octanol–water partition coefficient (Wildman–Crippen LogP) is 4.27. The minimum Gasteiger partial charge on any atom is -0.457 e. The van der Waals surface area contributed by atoms with Crippen LogP contribution in [-0.2, 0) is 24.8 Å². The average Bonchev–Trinajstić information content (AvgIpc) is 3.20. The number of hydrogen-bond donors (Lipinski definition) is 1. The molecule has 2 aliphatic rings. The monoisotopic (exact) mass is 497 g/mol. The first kappa shape index (κ1) is 24.9. The number of benzene rings is 2. The number of nitrogens with zero attached hydrogens (tertiary/aromatic N) is 2. The molecule has 2 heterocycles. The topological polar surface area (TPSA) is 105 Å². The van der Waals surface area contributed by atoms with Gasteiger partial charge in [-0.3, -0.25) is 9.59 Å². The lowest BCUT2D eigenvalue weighted by Gasteiger charge is -2.27. The average molecular weight is 498 g/mol. The van der Waals surface area contributed by atoms with Crippen LogP contribution in [0.25, 0.3) is 0 Å². The van der Waals surface area contributed by atoms with Crippen molar-refractivity contribution in [2.75, 3.05) is 16.8 Å². The summed E-state index contributed by atoms with van der Waals surface area (Å²) in [5.74, 6) is 0.626. The first-order valence-electron chi connectivity index (χ1n) is 11.9. The van der Waals surface area contributed by atoms with Crippen molar-refractivity contribution in [2.45, 2.75) is 57.9 Å². The maximum Gasteiger partial charge on any atom is 0.271 e. The molecule has 2 aromatic rings. The number of anilines is 1. The molecule has 0 aliphatic carbocycles. The molecule has 1 saturated heterocycles. The fourth-order valence-electron chi connectivity index (χ4n) is 4.11. The normalized spacial score (nSPS) is 19.9. The van der Waals surface area contributed by atoms with Gasteiger partial charge in [0.05, 0.1) is 17.5 Å². The van der Waals surface area contributed by atoms with Crippen molar-refractivity contribution < 1.29 is 22.7 Å². The van der Waals surface area contributed by atoms with E-state index < -0.39 is 21.8 Å². The predicted molar refractivity (Wildman–Crippen MR) is 135 cm³/mol. The summed E-state index contributed by atoms with van der Waals surface area (Å²) in [6.45, 7) is 6.59. The van der Waals surface area contributed by atoms with Crippen LogP contribution in [0, 0.1) is 0 Å². The van der Waals surface area contributed by atoms with Gasteiger partial charge in [-0.15, -0.1) is 0 Å². The first-order chi connectivity index (χ1) is 16.6. The molecule has 1 fully saturated rings. The summed E-state index contributed by atoms with van der Waals surface area (Å²) in [7, 11) is -3.17. The summed E-state index contributed by atoms with van der Waals surface area (Å²) in [6, 6.07) is 14.5. The summed E-state index contributed by atoms with van der Waals surface area (Å²) < 4.78 is 29.5. The number of carbonyl (C=O) groups excluding carboxylic acids is 2. The van der Waals surface area contributed by atoms with Gasteiger partial charge in [-0.1, -0.05) is 32.9 Å². The van der Waals surface area contributed by atoms with Gasteiger partial charge in [-0.2, -0.15) is 5.10 Å². The number of hydrazone groups is 1. The summed E-state index contributed by atoms with van der Waals surface area (Å²) in [6.07, 6.45) is 1.73. The van der Waals surface area contributed by atoms with E-state index in [0.29, 0.717) is 17.9 Å². The summed E-state index contributed by atoms with van der Waals surface area (Å²) in [5, 5.41) is 8.19. The molecule has 0 aromatic heterocycles. The van der Waals surface area contributed by atoms with Crippen LogP contribution in [0.2, 0.25) is 0 Å². The largest absolute Gasteiger partial charge is 0.457 e. The fourth-order valence-corrected chi connectivity index (χ4v) is 5.80. The molecule has 2 aliphatic heterocycles. The maximum atomic E-state index is 12.7. The van der Waals surface area contributed by atoms with E-state index in [1.54, 1.807) is 24.3 Å². The number of rotatable bonds is 7. The Morgan fingerprint density at radius 1 is 1.09 bits per heavy atom. The molecular formula is C26H31N3O5S. The van der Waals surface area contributed by atoms with Gasteiger partial charge in [0, 0.05) is 18.5 Å². The second-order valence-electron chi connectivity index (χ2n) is 9.68. The number of nitrogens with one attached hydrogen (secondary N) is 1. The van der Waals surface area contributed by atoms with E-state index in [0.717, 1.165) is 12.2 Å². The van der Waals surface area contributed by atoms with Crippen LogP contribution in [0.5, 0.6) is 11.5 Å². The van der Waals surface area contributed by atoms with Crippen LogP contribution in [0.15, 0.2) is 53.6 Å². The van der Waals surface area contributed by atoms with Gasteiger partial charge in [0.25, 0.3) is 5.91 Å². The molecular weight excluding hydrogens is 466 g/mol. The van der Waals surface area contributed by atoms with Crippen molar-refractivity contribution >= 4 is 33.1 Å². The van der Waals surface area contributed by atoms with E-state index in [9.17, 15) is 18.0 Å². The molecule has 4 rings (SSSR count). The SMILES string of the molecule is CCC(C)(C)c1ccc(Oc2ccc(NC(=O)C3=NN(C4CCS(=O)(=O)C4)C(=O)CC3)cc2)cc1. The zero-order valence-corrected chi connectivity index (χ0v) is 21.1. The van der Waals surface area contributed by atoms with Crippen molar-refractivity contribution in [3.8, 4) is 11.5 Å². The first-order valence-corrected chi connectivity index (χ1v) is 13.7. The lowest BCUT2D eigenvalue weighted by atomic mass is 9.82. The van der Waals surface area contributed by atoms with Crippen LogP contribution >= 0.6 is 0 Å². The number of amides is 2. The van der Waals surface area contributed by atoms with E-state index in [-0.39, 0.29) is 41.4 Å². The second-order valence-corrected chi connectivity index (χ2v) is 11.9. The van der Waals surface area contributed by atoms with Crippen molar-refractivity contribution in [3.05, 3.63) is 54.1 Å². The Hall–Kier alpha value is -3.20. The lowest BCUT2D eigenvalue weighted by Crippen LogP contribution is -2.42. The summed E-state index contributed by atoms with van der Waals surface area (Å²) in [5.41, 5.74) is 2.15. The highest BCUT2D eigenvalue weighted by molar-refractivity contribution is 7.91. The number of carbonyl (C=O) groups is 2. The Bertz CT molecular complexity index is 1230. The maximum absolute atomic E-state index is 12.7. The van der Waals surface area contributed by atoms with Gasteiger partial charge in [0.15, 0.2) is 9.84 Å². The second kappa shape index (κ2) is 9.81. The quantitative estimate of drug-likeness (QED) is 0.615. The van der Waals surface area contributed by atoms with Crippen molar-refractivity contribution in [1.82, 2.24) is 5.01 Å². The van der Waals surface area contributed by atoms with Gasteiger partial charge in [0.2, 0.25) is 5.91 Å². The molecule has 1 atom stereocenters. The molecule has 0 bridgehead atoms. The molecule has 0 radical (unpaired) electrons. The molecule has 0 saturated carbocycles. The molecule has 2 aromatic carbocycles. The van der Waals surface area contributed by atoms with E-state index in [1.165, 1.54) is 10.6 Å². The van der Waals surface area contributed by atoms with Crippen LogP contribution in [0.3, 0.4) is 0 Å². The molecule has 1 unspecified atom stereocenters. The molecule has 186 valence electrons. The van der Waals surface area contributed by atoms with Crippen molar-refractivity contribution in [1.29, 1.82) is 0 Å². The highest BCUT2D eigenvalue weighted by Crippen LogP contribution is 2.30. The van der Waals surface area contributed by atoms with Gasteiger partial charge in [-0.25, -0.2) is 13.4 Å². The van der Waals surface area contributed by atoms with Gasteiger partial charge in [-0.05, 0) is 60.2 Å². The van der Waals surface area contributed by atoms with E-state index in [1.807, 2.05) is 12.1 Å². The molecule has 0 spiro atoms. The van der Waals surface area contributed by atoms with Gasteiger partial charge >= 0.3 is 0 Å². The Morgan fingerprint density at radius 2 is 1.71 bits per heavy atom. The van der Waals surface area contributed by atoms with Crippen LogP contribution < -0.4 is 10.1 Å². The fraction of sp³-hybridized carbons (Fsp3) is 0.423. The zero-order valence-electron chi connectivity index (χ0n) is 20.3. The summed E-state index contributed by atoms with van der Waals surface area (Å²) >= 11 is 0. The van der Waals surface area contributed by atoms with E-state index in [4.69, 9.17) is 4.74 Å². The van der Waals surface area contributed by atoms with Crippen molar-refractivity contribution in [3.63, 3.8) is 0 Å². The highest BCUT2D eigenvalue weighted by Gasteiger charge is 2.37. The van der Waals surface area contributed by atoms with E-state index in [2.05, 4.69) is 43.3 Å². The molecule has 2 amide bonds. The lowest BCUT2D eigenvalue weighted by molar-refractivity contribution is -0.133. The third kappa shape index (κ3) is 5.90. The van der Waals surface area contributed by atoms with Gasteiger partial charge < -0.3 is 10.1 Å². The minimum absolute atomic E-state index is 0.0355. The standard InChI is InChI=1S/C26H31N3O5S/c1-4-26(2,3)18-5-9-21(10-6-18)34-22-11-7-19(8-12-22)27-25(31)23-13-14-24(30)29(28-23)20-15-16-35(32,33)17-20/h5-12,20H,4,13-17H2,1-3H3,(H,27,31). The third-order valence-electron chi connectivity index (χ3n) is 6.74. The van der Waals surface area contributed by atoms with Crippen LogP contribution in [-0.4, -0.2) is 48.5 Å². The molecule has 9 heteroatoms. The van der Waals surface area contributed by atoms with E-state index >= 15 is 0 Å². The number of ether oxygens (including phenoxy) is 1. The van der Waals surface area contributed by atoms with Crippen LogP contribution in [0.1, 0.15) is 52.0 Å². The molecule has 35 heavy (non-hydrogen) atoms. The number of hydrogen-bond acceptors (Lipinski definition) is 6. The Labute approximate surface area is 206 Å². The minimum atomic E-state index is -3.17. The summed E-state index contributed by atoms with van der Waals surface area (Å²) in [4.78, 5) is 25.0. The van der Waals surface area contributed by atoms with Crippen LogP contribution in [0.4, 0.5) is 5.69 Å². The Kier molecular flexibility index (Phi) is 6.98. The smallest absolute Gasteiger partial charge is 0.271 e. The Morgan fingerprint density at radius 3 is 2.29 bits per heavy atom. The Balaban J connectivity index is 1.38. The highest BCUT2D eigenvalue weighted by atomic mass is 32.2. The zero-order chi connectivity index (χ0) is 25.2.